The van der Waals surface area contributed by atoms with E-state index in [0.717, 1.165) is 48.8 Å². The number of nitrogens with zero attached hydrogens (tertiary/aromatic N) is 2. The summed E-state index contributed by atoms with van der Waals surface area (Å²) in [6, 6.07) is 12.5. The molecule has 1 fully saturated rings. The lowest BCUT2D eigenvalue weighted by atomic mass is 9.82. The molecular formula is C26H28ClN3O4S. The van der Waals surface area contributed by atoms with Gasteiger partial charge in [0.1, 0.15) is 5.75 Å². The third-order valence-corrected chi connectivity index (χ3v) is 8.02. The maximum atomic E-state index is 13.0. The first-order valence-electron chi connectivity index (χ1n) is 11.5. The standard InChI is InChI=1S/C26H28ClN3O4S/c1-34-20-9-5-8-19(12-20)23-15-29-25(16-28-23)30-26(31)14-21(17-6-3-4-7-17)18-10-11-24(22(27)13-18)35(2,32)33/h5,8-13,15-17,21H,3-4,6-7,14H2,1-2H3,(H,29,30,31)/t21-/m1/s1. The predicted octanol–water partition coefficient (Wildman–Crippen LogP) is 5.51. The lowest BCUT2D eigenvalue weighted by molar-refractivity contribution is -0.116. The Morgan fingerprint density at radius 1 is 1.14 bits per heavy atom. The predicted molar refractivity (Wildman–Crippen MR) is 137 cm³/mol. The average molecular weight is 514 g/mol. The normalized spacial score (nSPS) is 15.1. The molecule has 1 N–H and O–H groups in total. The fourth-order valence-electron chi connectivity index (χ4n) is 4.68. The number of ether oxygens (including phenoxy) is 1. The van der Waals surface area contributed by atoms with E-state index >= 15 is 0 Å². The molecule has 0 spiro atoms. The van der Waals surface area contributed by atoms with Gasteiger partial charge in [0.2, 0.25) is 5.91 Å². The number of carbonyl (C=O) groups is 1. The molecule has 0 saturated heterocycles. The van der Waals surface area contributed by atoms with Crippen molar-refractivity contribution in [2.75, 3.05) is 18.7 Å². The summed E-state index contributed by atoms with van der Waals surface area (Å²) in [7, 11) is -1.81. The van der Waals surface area contributed by atoms with E-state index < -0.39 is 9.84 Å². The zero-order valence-electron chi connectivity index (χ0n) is 19.7. The van der Waals surface area contributed by atoms with Crippen LogP contribution in [0.4, 0.5) is 5.82 Å². The highest BCUT2D eigenvalue weighted by molar-refractivity contribution is 7.90. The van der Waals surface area contributed by atoms with Gasteiger partial charge in [-0.25, -0.2) is 13.4 Å². The molecule has 2 aromatic carbocycles. The summed E-state index contributed by atoms with van der Waals surface area (Å²) in [4.78, 5) is 21.9. The van der Waals surface area contributed by atoms with Crippen molar-refractivity contribution in [2.24, 2.45) is 5.92 Å². The van der Waals surface area contributed by atoms with Gasteiger partial charge in [-0.1, -0.05) is 42.6 Å². The minimum Gasteiger partial charge on any atom is -0.497 e. The number of halogens is 1. The number of amides is 1. The van der Waals surface area contributed by atoms with E-state index in [1.807, 2.05) is 24.3 Å². The number of aromatic nitrogens is 2. The first-order valence-corrected chi connectivity index (χ1v) is 13.8. The van der Waals surface area contributed by atoms with Crippen LogP contribution in [0.1, 0.15) is 43.6 Å². The van der Waals surface area contributed by atoms with E-state index in [-0.39, 0.29) is 28.2 Å². The minimum atomic E-state index is -3.42. The number of benzene rings is 2. The summed E-state index contributed by atoms with van der Waals surface area (Å²) >= 11 is 6.31. The fraction of sp³-hybridized carbons (Fsp3) is 0.346. The number of hydrogen-bond acceptors (Lipinski definition) is 6. The molecule has 7 nitrogen and oxygen atoms in total. The number of nitrogens with one attached hydrogen (secondary N) is 1. The van der Waals surface area contributed by atoms with E-state index in [9.17, 15) is 13.2 Å². The summed E-state index contributed by atoms with van der Waals surface area (Å²) < 4.78 is 29.2. The molecule has 1 atom stereocenters. The quantitative estimate of drug-likeness (QED) is 0.426. The van der Waals surface area contributed by atoms with E-state index in [1.54, 1.807) is 25.4 Å². The van der Waals surface area contributed by atoms with Gasteiger partial charge in [-0.05, 0) is 54.5 Å². The largest absolute Gasteiger partial charge is 0.497 e. The summed E-state index contributed by atoms with van der Waals surface area (Å²) in [5.41, 5.74) is 2.42. The van der Waals surface area contributed by atoms with Gasteiger partial charge in [-0.2, -0.15) is 0 Å². The molecule has 1 aliphatic rings. The van der Waals surface area contributed by atoms with E-state index in [1.165, 1.54) is 12.3 Å². The van der Waals surface area contributed by atoms with E-state index in [4.69, 9.17) is 16.3 Å². The Morgan fingerprint density at radius 3 is 2.54 bits per heavy atom. The number of sulfone groups is 1. The first-order chi connectivity index (χ1) is 16.7. The van der Waals surface area contributed by atoms with Crippen LogP contribution in [-0.4, -0.2) is 37.7 Å². The molecule has 184 valence electrons. The van der Waals surface area contributed by atoms with Gasteiger partial charge in [0.25, 0.3) is 0 Å². The second-order valence-corrected chi connectivity index (χ2v) is 11.3. The summed E-state index contributed by atoms with van der Waals surface area (Å²) in [6.07, 6.45) is 8.83. The van der Waals surface area contributed by atoms with Gasteiger partial charge in [0.15, 0.2) is 15.7 Å². The molecule has 1 amide bonds. The molecule has 3 aromatic rings. The van der Waals surface area contributed by atoms with Gasteiger partial charge < -0.3 is 10.1 Å². The summed E-state index contributed by atoms with van der Waals surface area (Å²) in [5, 5.41) is 3.04. The Morgan fingerprint density at radius 2 is 1.91 bits per heavy atom. The van der Waals surface area contributed by atoms with Crippen LogP contribution in [0.3, 0.4) is 0 Å². The molecule has 4 rings (SSSR count). The van der Waals surface area contributed by atoms with E-state index in [2.05, 4.69) is 15.3 Å². The van der Waals surface area contributed by atoms with Crippen LogP contribution in [0.25, 0.3) is 11.3 Å². The number of rotatable bonds is 8. The van der Waals surface area contributed by atoms with Gasteiger partial charge in [0.05, 0.1) is 35.1 Å². The number of carbonyl (C=O) groups excluding carboxylic acids is 1. The average Bonchev–Trinajstić information content (AvgIpc) is 3.37. The number of methoxy groups -OCH3 is 1. The molecule has 1 saturated carbocycles. The highest BCUT2D eigenvalue weighted by Gasteiger charge is 2.29. The van der Waals surface area contributed by atoms with Gasteiger partial charge in [0, 0.05) is 18.2 Å². The van der Waals surface area contributed by atoms with Gasteiger partial charge >= 0.3 is 0 Å². The molecule has 0 radical (unpaired) electrons. The molecule has 1 aromatic heterocycles. The Balaban J connectivity index is 1.49. The topological polar surface area (TPSA) is 98.2 Å². The number of hydrogen-bond donors (Lipinski definition) is 1. The molecule has 0 bridgehead atoms. The smallest absolute Gasteiger partial charge is 0.226 e. The van der Waals surface area contributed by atoms with Crippen molar-refractivity contribution in [3.63, 3.8) is 0 Å². The fourth-order valence-corrected chi connectivity index (χ4v) is 6.02. The Bertz CT molecular complexity index is 1310. The van der Waals surface area contributed by atoms with Crippen LogP contribution in [-0.2, 0) is 14.6 Å². The van der Waals surface area contributed by atoms with Gasteiger partial charge in [-0.3, -0.25) is 9.78 Å². The van der Waals surface area contributed by atoms with Crippen LogP contribution in [0.15, 0.2) is 59.8 Å². The number of anilines is 1. The molecule has 0 unspecified atom stereocenters. The molecule has 1 aliphatic carbocycles. The SMILES string of the molecule is COc1cccc(-c2cnc(NC(=O)C[C@@H](c3ccc(S(C)(=O)=O)c(Cl)c3)C3CCCC3)cn2)c1. The minimum absolute atomic E-state index is 0.0624. The van der Waals surface area contributed by atoms with Crippen LogP contribution in [0.5, 0.6) is 5.75 Å². The summed E-state index contributed by atoms with van der Waals surface area (Å²) in [6.45, 7) is 0. The van der Waals surface area contributed by atoms with Crippen molar-refractivity contribution < 1.29 is 17.9 Å². The maximum Gasteiger partial charge on any atom is 0.226 e. The lowest BCUT2D eigenvalue weighted by Gasteiger charge is -2.24. The molecule has 35 heavy (non-hydrogen) atoms. The molecule has 1 heterocycles. The monoisotopic (exact) mass is 513 g/mol. The van der Waals surface area contributed by atoms with Crippen molar-refractivity contribution in [3.05, 3.63) is 65.4 Å². The molecule has 9 heteroatoms. The first kappa shape index (κ1) is 25.1. The highest BCUT2D eigenvalue weighted by atomic mass is 35.5. The van der Waals surface area contributed by atoms with E-state index in [0.29, 0.717) is 17.4 Å². The van der Waals surface area contributed by atoms with Crippen LogP contribution in [0, 0.1) is 5.92 Å². The van der Waals surface area contributed by atoms with Gasteiger partial charge in [-0.15, -0.1) is 0 Å². The second kappa shape index (κ2) is 10.7. The van der Waals surface area contributed by atoms with Crippen LogP contribution in [0.2, 0.25) is 5.02 Å². The Kier molecular flexibility index (Phi) is 7.72. The second-order valence-electron chi connectivity index (χ2n) is 8.88. The van der Waals surface area contributed by atoms with Crippen LogP contribution < -0.4 is 10.1 Å². The lowest BCUT2D eigenvalue weighted by Crippen LogP contribution is -2.20. The van der Waals surface area contributed by atoms with Crippen molar-refractivity contribution in [2.45, 2.75) is 42.9 Å². The third-order valence-electron chi connectivity index (χ3n) is 6.44. The summed E-state index contributed by atoms with van der Waals surface area (Å²) in [5.74, 6) is 1.20. The Labute approximate surface area is 210 Å². The molecular weight excluding hydrogens is 486 g/mol. The van der Waals surface area contributed by atoms with Crippen molar-refractivity contribution in [1.29, 1.82) is 0 Å². The third kappa shape index (κ3) is 6.18. The highest BCUT2D eigenvalue weighted by Crippen LogP contribution is 2.41. The van der Waals surface area contributed by atoms with Crippen molar-refractivity contribution in [3.8, 4) is 17.0 Å². The molecule has 0 aliphatic heterocycles. The van der Waals surface area contributed by atoms with Crippen molar-refractivity contribution >= 4 is 33.2 Å². The maximum absolute atomic E-state index is 13.0. The zero-order valence-corrected chi connectivity index (χ0v) is 21.3. The Hall–Kier alpha value is -2.97. The van der Waals surface area contributed by atoms with Crippen molar-refractivity contribution in [1.82, 2.24) is 9.97 Å². The zero-order chi connectivity index (χ0) is 25.0. The van der Waals surface area contributed by atoms with Crippen LogP contribution >= 0.6 is 11.6 Å².